The van der Waals surface area contributed by atoms with Gasteiger partial charge in [0.1, 0.15) is 5.82 Å². The van der Waals surface area contributed by atoms with Crippen molar-refractivity contribution < 1.29 is 21.2 Å². The Hall–Kier alpha value is -2.91. The molecule has 0 unspecified atom stereocenters. The third kappa shape index (κ3) is 4.80. The zero-order chi connectivity index (χ0) is 22.1. The molecule has 6 nitrogen and oxygen atoms in total. The predicted molar refractivity (Wildman–Crippen MR) is 115 cm³/mol. The second-order valence-electron chi connectivity index (χ2n) is 6.97. The molecule has 0 saturated heterocycles. The molecule has 0 spiro atoms. The number of aryl methyl sites for hydroxylation is 3. The molecular formula is C21H21FN2O4S2. The van der Waals surface area contributed by atoms with Gasteiger partial charge in [-0.15, -0.1) is 0 Å². The first-order valence-corrected chi connectivity index (χ1v) is 11.9. The van der Waals surface area contributed by atoms with Gasteiger partial charge in [-0.3, -0.25) is 9.44 Å². The molecular weight excluding hydrogens is 427 g/mol. The topological polar surface area (TPSA) is 92.3 Å². The molecule has 3 rings (SSSR count). The molecule has 0 aliphatic carbocycles. The van der Waals surface area contributed by atoms with Crippen LogP contribution < -0.4 is 9.44 Å². The van der Waals surface area contributed by atoms with Crippen LogP contribution in [0.3, 0.4) is 0 Å². The van der Waals surface area contributed by atoms with E-state index in [1.165, 1.54) is 37.3 Å². The van der Waals surface area contributed by atoms with Crippen LogP contribution in [0.4, 0.5) is 15.8 Å². The third-order valence-corrected chi connectivity index (χ3v) is 7.23. The highest BCUT2D eigenvalue weighted by Gasteiger charge is 2.20. The fraction of sp³-hybridized carbons (Fsp3) is 0.143. The summed E-state index contributed by atoms with van der Waals surface area (Å²) in [5.41, 5.74) is 2.20. The standard InChI is InChI=1S/C21H21FN2O4S2/c1-14-5-4-6-17(11-14)23-29(25,26)19-10-8-16(3)21(13-19)24-30(27,28)18-9-7-15(2)20(22)12-18/h4-13,23-24H,1-3H3. The van der Waals surface area contributed by atoms with E-state index in [4.69, 9.17) is 0 Å². The molecule has 30 heavy (non-hydrogen) atoms. The van der Waals surface area contributed by atoms with Crippen molar-refractivity contribution in [2.24, 2.45) is 0 Å². The van der Waals surface area contributed by atoms with Gasteiger partial charge in [0.15, 0.2) is 0 Å². The minimum absolute atomic E-state index is 0.0862. The Balaban J connectivity index is 1.94. The Kier molecular flexibility index (Phi) is 5.87. The van der Waals surface area contributed by atoms with Crippen molar-refractivity contribution in [1.82, 2.24) is 0 Å². The Bertz CT molecular complexity index is 1320. The van der Waals surface area contributed by atoms with Gasteiger partial charge in [0, 0.05) is 5.69 Å². The number of anilines is 2. The van der Waals surface area contributed by atoms with Crippen molar-refractivity contribution in [3.63, 3.8) is 0 Å². The lowest BCUT2D eigenvalue weighted by molar-refractivity contribution is 0.592. The maximum atomic E-state index is 13.8. The Morgan fingerprint density at radius 3 is 1.93 bits per heavy atom. The SMILES string of the molecule is Cc1cccc(NS(=O)(=O)c2ccc(C)c(NS(=O)(=O)c3ccc(C)c(F)c3)c2)c1. The molecule has 0 aliphatic heterocycles. The fourth-order valence-corrected chi connectivity index (χ4v) is 4.95. The maximum Gasteiger partial charge on any atom is 0.262 e. The lowest BCUT2D eigenvalue weighted by Gasteiger charge is -2.14. The molecule has 3 aromatic rings. The second-order valence-corrected chi connectivity index (χ2v) is 10.3. The molecule has 0 amide bonds. The van der Waals surface area contributed by atoms with Gasteiger partial charge >= 0.3 is 0 Å². The second kappa shape index (κ2) is 8.08. The summed E-state index contributed by atoms with van der Waals surface area (Å²) in [5.74, 6) is -0.645. The van der Waals surface area contributed by atoms with Crippen LogP contribution >= 0.6 is 0 Å². The van der Waals surface area contributed by atoms with Crippen LogP contribution in [0.25, 0.3) is 0 Å². The zero-order valence-corrected chi connectivity index (χ0v) is 18.2. The first-order valence-electron chi connectivity index (χ1n) is 8.97. The molecule has 3 aromatic carbocycles. The summed E-state index contributed by atoms with van der Waals surface area (Å²) in [6.45, 7) is 5.00. The summed E-state index contributed by atoms with van der Waals surface area (Å²) in [5, 5.41) is 0. The lowest BCUT2D eigenvalue weighted by atomic mass is 10.2. The van der Waals surface area contributed by atoms with E-state index in [1.54, 1.807) is 25.1 Å². The Morgan fingerprint density at radius 2 is 1.30 bits per heavy atom. The smallest absolute Gasteiger partial charge is 0.262 e. The number of hydrogen-bond donors (Lipinski definition) is 2. The monoisotopic (exact) mass is 448 g/mol. The number of nitrogens with one attached hydrogen (secondary N) is 2. The normalized spacial score (nSPS) is 11.9. The predicted octanol–water partition coefficient (Wildman–Crippen LogP) is 4.35. The van der Waals surface area contributed by atoms with Crippen molar-refractivity contribution in [2.75, 3.05) is 9.44 Å². The first-order chi connectivity index (χ1) is 14.0. The van der Waals surface area contributed by atoms with E-state index in [2.05, 4.69) is 9.44 Å². The lowest BCUT2D eigenvalue weighted by Crippen LogP contribution is -2.16. The first kappa shape index (κ1) is 21.8. The molecule has 0 radical (unpaired) electrons. The largest absolute Gasteiger partial charge is 0.280 e. The van der Waals surface area contributed by atoms with Gasteiger partial charge in [0.05, 0.1) is 15.5 Å². The molecule has 0 saturated carbocycles. The van der Waals surface area contributed by atoms with Crippen LogP contribution in [-0.4, -0.2) is 16.8 Å². The van der Waals surface area contributed by atoms with Crippen molar-refractivity contribution in [3.05, 3.63) is 83.2 Å². The quantitative estimate of drug-likeness (QED) is 0.586. The van der Waals surface area contributed by atoms with E-state index >= 15 is 0 Å². The maximum absolute atomic E-state index is 13.8. The molecule has 2 N–H and O–H groups in total. The van der Waals surface area contributed by atoms with E-state index in [9.17, 15) is 21.2 Å². The Morgan fingerprint density at radius 1 is 0.700 bits per heavy atom. The number of hydrogen-bond acceptors (Lipinski definition) is 4. The van der Waals surface area contributed by atoms with E-state index < -0.39 is 25.9 Å². The Labute approximate surface area is 175 Å². The fourth-order valence-electron chi connectivity index (χ4n) is 2.75. The van der Waals surface area contributed by atoms with Gasteiger partial charge in [-0.25, -0.2) is 21.2 Å². The van der Waals surface area contributed by atoms with E-state index in [0.717, 1.165) is 11.6 Å². The van der Waals surface area contributed by atoms with E-state index in [-0.39, 0.29) is 15.5 Å². The number of rotatable bonds is 6. The van der Waals surface area contributed by atoms with Crippen molar-refractivity contribution in [3.8, 4) is 0 Å². The van der Waals surface area contributed by atoms with Gasteiger partial charge < -0.3 is 0 Å². The average Bonchev–Trinajstić information content (AvgIpc) is 2.65. The minimum atomic E-state index is -4.11. The molecule has 0 fully saturated rings. The zero-order valence-electron chi connectivity index (χ0n) is 16.6. The van der Waals surface area contributed by atoms with Crippen LogP contribution in [0, 0.1) is 26.6 Å². The molecule has 0 atom stereocenters. The van der Waals surface area contributed by atoms with Crippen molar-refractivity contribution in [2.45, 2.75) is 30.6 Å². The van der Waals surface area contributed by atoms with Crippen molar-refractivity contribution >= 4 is 31.4 Å². The summed E-state index contributed by atoms with van der Waals surface area (Å²) in [6.07, 6.45) is 0. The molecule has 0 aromatic heterocycles. The van der Waals surface area contributed by atoms with Gasteiger partial charge in [0.2, 0.25) is 0 Å². The summed E-state index contributed by atoms with van der Waals surface area (Å²) in [7, 11) is -8.05. The van der Waals surface area contributed by atoms with Crippen LogP contribution in [-0.2, 0) is 20.0 Å². The van der Waals surface area contributed by atoms with Crippen molar-refractivity contribution in [1.29, 1.82) is 0 Å². The summed E-state index contributed by atoms with van der Waals surface area (Å²) >= 11 is 0. The molecule has 0 heterocycles. The average molecular weight is 449 g/mol. The highest BCUT2D eigenvalue weighted by Crippen LogP contribution is 2.25. The molecule has 158 valence electrons. The number of benzene rings is 3. The summed E-state index contributed by atoms with van der Waals surface area (Å²) in [4.78, 5) is -0.362. The van der Waals surface area contributed by atoms with Gasteiger partial charge in [-0.1, -0.05) is 24.3 Å². The highest BCUT2D eigenvalue weighted by atomic mass is 32.2. The third-order valence-electron chi connectivity index (χ3n) is 4.49. The summed E-state index contributed by atoms with van der Waals surface area (Å²) < 4.78 is 69.5. The van der Waals surface area contributed by atoms with Crippen LogP contribution in [0.5, 0.6) is 0 Å². The highest BCUT2D eigenvalue weighted by molar-refractivity contribution is 7.93. The van der Waals surface area contributed by atoms with E-state index in [0.29, 0.717) is 16.8 Å². The van der Waals surface area contributed by atoms with Gasteiger partial charge in [0.25, 0.3) is 20.0 Å². The van der Waals surface area contributed by atoms with Crippen LogP contribution in [0.15, 0.2) is 70.5 Å². The molecule has 0 aliphatic rings. The van der Waals surface area contributed by atoms with Gasteiger partial charge in [-0.05, 0) is 73.9 Å². The number of sulfonamides is 2. The van der Waals surface area contributed by atoms with Crippen LogP contribution in [0.2, 0.25) is 0 Å². The van der Waals surface area contributed by atoms with E-state index in [1.807, 2.05) is 13.0 Å². The van der Waals surface area contributed by atoms with Gasteiger partial charge in [-0.2, -0.15) is 0 Å². The molecule has 0 bridgehead atoms. The molecule has 9 heteroatoms. The summed E-state index contributed by atoms with van der Waals surface area (Å²) in [6, 6.07) is 14.6. The minimum Gasteiger partial charge on any atom is -0.280 e. The number of halogens is 1. The van der Waals surface area contributed by atoms with Crippen LogP contribution in [0.1, 0.15) is 16.7 Å².